The summed E-state index contributed by atoms with van der Waals surface area (Å²) in [4.78, 5) is 12.7. The lowest BCUT2D eigenvalue weighted by Gasteiger charge is -2.31. The van der Waals surface area contributed by atoms with Crippen molar-refractivity contribution >= 4 is 5.91 Å². The number of nitrogens with one attached hydrogen (secondary N) is 1. The number of fused-ring (bicyclic) bond motifs is 2. The van der Waals surface area contributed by atoms with Crippen molar-refractivity contribution in [1.29, 1.82) is 0 Å². The van der Waals surface area contributed by atoms with Crippen LogP contribution in [0.3, 0.4) is 0 Å². The zero-order chi connectivity index (χ0) is 23.2. The molecule has 5 rings (SSSR count). The van der Waals surface area contributed by atoms with Crippen LogP contribution >= 0.6 is 0 Å². The van der Waals surface area contributed by atoms with Crippen molar-refractivity contribution in [2.75, 3.05) is 19.8 Å². The van der Waals surface area contributed by atoms with Crippen LogP contribution in [-0.2, 0) is 17.5 Å². The van der Waals surface area contributed by atoms with Gasteiger partial charge in [-0.15, -0.1) is 0 Å². The van der Waals surface area contributed by atoms with E-state index in [0.717, 1.165) is 25.2 Å². The van der Waals surface area contributed by atoms with Crippen molar-refractivity contribution in [3.8, 4) is 11.6 Å². The molecule has 0 spiro atoms. The highest BCUT2D eigenvalue weighted by Crippen LogP contribution is 2.38. The van der Waals surface area contributed by atoms with Crippen LogP contribution in [0.25, 0.3) is 0 Å². The Bertz CT molecular complexity index is 1010. The molecule has 3 aliphatic rings. The number of carbonyl (C=O) groups excluding carboxylic acids is 1. The number of hydrogen-bond donors (Lipinski definition) is 2. The SMILES string of the molecule is O=C(N[C@H]1COc2ccc(C(F)(F)F)cc2C1O)c1cc2n(n1)C[C@H](CCOCC1CC1)O2. The molecule has 0 radical (unpaired) electrons. The number of amides is 1. The summed E-state index contributed by atoms with van der Waals surface area (Å²) in [5.74, 6) is 0.752. The van der Waals surface area contributed by atoms with Gasteiger partial charge in [0.15, 0.2) is 5.69 Å². The lowest BCUT2D eigenvalue weighted by molar-refractivity contribution is -0.137. The van der Waals surface area contributed by atoms with Gasteiger partial charge >= 0.3 is 6.18 Å². The highest BCUT2D eigenvalue weighted by Gasteiger charge is 2.36. The van der Waals surface area contributed by atoms with Crippen LogP contribution in [0.5, 0.6) is 11.6 Å². The molecule has 1 aliphatic carbocycles. The highest BCUT2D eigenvalue weighted by atomic mass is 19.4. The predicted molar refractivity (Wildman–Crippen MR) is 108 cm³/mol. The number of aliphatic hydroxyl groups is 1. The number of nitrogens with zero attached hydrogens (tertiary/aromatic N) is 2. The van der Waals surface area contributed by atoms with Crippen LogP contribution in [0.2, 0.25) is 0 Å². The van der Waals surface area contributed by atoms with Crippen LogP contribution in [0.1, 0.15) is 47.0 Å². The third-order valence-corrected chi connectivity index (χ3v) is 6.05. The molecule has 0 saturated heterocycles. The third-order valence-electron chi connectivity index (χ3n) is 6.05. The second kappa shape index (κ2) is 8.53. The Morgan fingerprint density at radius 2 is 2.12 bits per heavy atom. The maximum Gasteiger partial charge on any atom is 0.416 e. The zero-order valence-electron chi connectivity index (χ0n) is 17.7. The number of aliphatic hydroxyl groups excluding tert-OH is 1. The second-order valence-electron chi connectivity index (χ2n) is 8.68. The first-order chi connectivity index (χ1) is 15.8. The van der Waals surface area contributed by atoms with Crippen LogP contribution in [-0.4, -0.2) is 52.8 Å². The summed E-state index contributed by atoms with van der Waals surface area (Å²) < 4.78 is 57.6. The standard InChI is InChI=1S/C22H24F3N3O5/c23-22(24,25)13-3-4-18-15(7-13)20(29)17(11-32-18)26-21(30)16-8-19-28(27-16)9-14(33-19)5-6-31-10-12-1-2-12/h3-4,7-8,12,14,17,20,29H,1-2,5-6,9-11H2,(H,26,30)/t14-,17-,20?/m0/s1. The molecule has 3 heterocycles. The summed E-state index contributed by atoms with van der Waals surface area (Å²) in [6.07, 6.45) is -2.77. The molecule has 1 aromatic heterocycles. The number of carbonyl (C=O) groups is 1. The van der Waals surface area contributed by atoms with Crippen molar-refractivity contribution in [1.82, 2.24) is 15.1 Å². The summed E-state index contributed by atoms with van der Waals surface area (Å²) in [5, 5.41) is 17.4. The Morgan fingerprint density at radius 3 is 2.85 bits per heavy atom. The Hall–Kier alpha value is -2.79. The monoisotopic (exact) mass is 467 g/mol. The first-order valence-corrected chi connectivity index (χ1v) is 10.9. The van der Waals surface area contributed by atoms with Crippen LogP contribution in [0.4, 0.5) is 13.2 Å². The van der Waals surface area contributed by atoms with E-state index in [4.69, 9.17) is 14.2 Å². The molecule has 2 N–H and O–H groups in total. The van der Waals surface area contributed by atoms with E-state index in [1.54, 1.807) is 4.68 Å². The molecule has 1 aromatic carbocycles. The molecule has 2 aromatic rings. The van der Waals surface area contributed by atoms with Crippen LogP contribution in [0.15, 0.2) is 24.3 Å². The topological polar surface area (TPSA) is 94.8 Å². The van der Waals surface area contributed by atoms with E-state index >= 15 is 0 Å². The largest absolute Gasteiger partial charge is 0.491 e. The van der Waals surface area contributed by atoms with Gasteiger partial charge in [0.25, 0.3) is 5.91 Å². The van der Waals surface area contributed by atoms with E-state index in [1.807, 2.05) is 0 Å². The minimum Gasteiger partial charge on any atom is -0.491 e. The Kier molecular flexibility index (Phi) is 5.69. The van der Waals surface area contributed by atoms with Crippen molar-refractivity contribution < 1.29 is 37.3 Å². The van der Waals surface area contributed by atoms with Gasteiger partial charge in [0.2, 0.25) is 5.88 Å². The minimum absolute atomic E-state index is 0.0243. The molecule has 8 nitrogen and oxygen atoms in total. The molecular formula is C22H24F3N3O5. The van der Waals surface area contributed by atoms with Gasteiger partial charge in [-0.1, -0.05) is 0 Å². The van der Waals surface area contributed by atoms with Crippen LogP contribution < -0.4 is 14.8 Å². The lowest BCUT2D eigenvalue weighted by Crippen LogP contribution is -2.45. The normalized spacial score (nSPS) is 23.9. The number of alkyl halides is 3. The molecule has 0 bridgehead atoms. The third kappa shape index (κ3) is 4.79. The summed E-state index contributed by atoms with van der Waals surface area (Å²) in [6, 6.07) is 3.48. The van der Waals surface area contributed by atoms with Gasteiger partial charge < -0.3 is 24.6 Å². The van der Waals surface area contributed by atoms with Gasteiger partial charge in [0.05, 0.1) is 24.8 Å². The number of rotatable bonds is 7. The fraction of sp³-hybridized carbons (Fsp3) is 0.545. The Labute approximate surface area is 187 Å². The summed E-state index contributed by atoms with van der Waals surface area (Å²) in [5.41, 5.74) is -0.828. The van der Waals surface area contributed by atoms with E-state index in [1.165, 1.54) is 25.0 Å². The average Bonchev–Trinajstić information content (AvgIpc) is 3.39. The fourth-order valence-corrected chi connectivity index (χ4v) is 3.97. The zero-order valence-corrected chi connectivity index (χ0v) is 17.7. The molecule has 2 aliphatic heterocycles. The number of aromatic nitrogens is 2. The van der Waals surface area contributed by atoms with Gasteiger partial charge in [0.1, 0.15) is 24.6 Å². The molecule has 1 saturated carbocycles. The molecule has 1 amide bonds. The van der Waals surface area contributed by atoms with Crippen LogP contribution in [0, 0.1) is 5.92 Å². The minimum atomic E-state index is -4.55. The molecule has 11 heteroatoms. The van der Waals surface area contributed by atoms with E-state index in [9.17, 15) is 23.1 Å². The fourth-order valence-electron chi connectivity index (χ4n) is 3.97. The van der Waals surface area contributed by atoms with E-state index < -0.39 is 29.8 Å². The first kappa shape index (κ1) is 22.0. The van der Waals surface area contributed by atoms with Crippen molar-refractivity contribution in [3.63, 3.8) is 0 Å². The summed E-state index contributed by atoms with van der Waals surface area (Å²) >= 11 is 0. The van der Waals surface area contributed by atoms with E-state index in [2.05, 4.69) is 10.4 Å². The van der Waals surface area contributed by atoms with Gasteiger partial charge in [-0.25, -0.2) is 4.68 Å². The summed E-state index contributed by atoms with van der Waals surface area (Å²) in [6.45, 7) is 1.81. The molecular weight excluding hydrogens is 443 g/mol. The maximum atomic E-state index is 13.0. The predicted octanol–water partition coefficient (Wildman–Crippen LogP) is 2.70. The molecule has 1 unspecified atom stereocenters. The second-order valence-corrected chi connectivity index (χ2v) is 8.68. The molecule has 1 fully saturated rings. The molecule has 3 atom stereocenters. The lowest BCUT2D eigenvalue weighted by atomic mass is 9.97. The average molecular weight is 467 g/mol. The number of hydrogen-bond acceptors (Lipinski definition) is 6. The number of ether oxygens (including phenoxy) is 3. The molecule has 178 valence electrons. The Balaban J connectivity index is 1.17. The maximum absolute atomic E-state index is 13.0. The number of benzene rings is 1. The van der Waals surface area contributed by atoms with Gasteiger partial charge in [-0.05, 0) is 37.0 Å². The first-order valence-electron chi connectivity index (χ1n) is 10.9. The quantitative estimate of drug-likeness (QED) is 0.609. The van der Waals surface area contributed by atoms with Crippen molar-refractivity contribution in [2.45, 2.75) is 50.2 Å². The smallest absolute Gasteiger partial charge is 0.416 e. The number of halogens is 3. The van der Waals surface area contributed by atoms with Gasteiger partial charge in [0, 0.05) is 24.7 Å². The van der Waals surface area contributed by atoms with Gasteiger partial charge in [-0.3, -0.25) is 4.79 Å². The molecule has 33 heavy (non-hydrogen) atoms. The Morgan fingerprint density at radius 1 is 1.30 bits per heavy atom. The van der Waals surface area contributed by atoms with E-state index in [0.29, 0.717) is 24.9 Å². The van der Waals surface area contributed by atoms with Crippen molar-refractivity contribution in [3.05, 3.63) is 41.1 Å². The van der Waals surface area contributed by atoms with E-state index in [-0.39, 0.29) is 29.7 Å². The van der Waals surface area contributed by atoms with Gasteiger partial charge in [-0.2, -0.15) is 18.3 Å². The highest BCUT2D eigenvalue weighted by molar-refractivity contribution is 5.92. The summed E-state index contributed by atoms with van der Waals surface area (Å²) in [7, 11) is 0. The van der Waals surface area contributed by atoms with Crippen molar-refractivity contribution in [2.24, 2.45) is 5.92 Å².